The number of aromatic nitrogens is 5. The van der Waals surface area contributed by atoms with Crippen LogP contribution in [0.1, 0.15) is 5.56 Å². The topological polar surface area (TPSA) is 148 Å². The summed E-state index contributed by atoms with van der Waals surface area (Å²) in [6.07, 6.45) is 2.15. The SMILES string of the molecule is CS(=O)(=O)NCC(O)CNc1nc(-c2cc(-c3ccon3)n(Cc3ccccc3F)n2)ncc1F. The van der Waals surface area contributed by atoms with Crippen LogP contribution in [0.2, 0.25) is 0 Å². The largest absolute Gasteiger partial charge is 0.390 e. The summed E-state index contributed by atoms with van der Waals surface area (Å²) in [5.41, 5.74) is 1.61. The minimum Gasteiger partial charge on any atom is -0.390 e. The van der Waals surface area contributed by atoms with Gasteiger partial charge in [-0.1, -0.05) is 23.4 Å². The van der Waals surface area contributed by atoms with Crippen molar-refractivity contribution in [3.05, 3.63) is 66.1 Å². The molecular weight excluding hydrogens is 484 g/mol. The Hall–Kier alpha value is -3.75. The average Bonchev–Trinajstić information content (AvgIpc) is 3.48. The van der Waals surface area contributed by atoms with E-state index < -0.39 is 27.8 Å². The molecule has 1 aromatic carbocycles. The second kappa shape index (κ2) is 10.2. The van der Waals surface area contributed by atoms with Gasteiger partial charge < -0.3 is 14.9 Å². The highest BCUT2D eigenvalue weighted by atomic mass is 32.2. The number of nitrogens with zero attached hydrogens (tertiary/aromatic N) is 5. The fourth-order valence-corrected chi connectivity index (χ4v) is 3.63. The van der Waals surface area contributed by atoms with E-state index in [1.165, 1.54) is 17.0 Å². The molecule has 3 N–H and O–H groups in total. The maximum Gasteiger partial charge on any atom is 0.208 e. The van der Waals surface area contributed by atoms with Gasteiger partial charge in [-0.2, -0.15) is 5.10 Å². The van der Waals surface area contributed by atoms with Crippen molar-refractivity contribution in [3.63, 3.8) is 0 Å². The first kappa shape index (κ1) is 24.4. The molecule has 0 aliphatic rings. The summed E-state index contributed by atoms with van der Waals surface area (Å²) >= 11 is 0. The number of hydrogen-bond donors (Lipinski definition) is 3. The number of hydrogen-bond acceptors (Lipinski definition) is 9. The summed E-state index contributed by atoms with van der Waals surface area (Å²) < 4.78 is 59.4. The fraction of sp³-hybridized carbons (Fsp3) is 0.238. The zero-order valence-electron chi connectivity index (χ0n) is 18.4. The first-order chi connectivity index (χ1) is 16.7. The normalized spacial score (nSPS) is 12.6. The molecule has 0 radical (unpaired) electrons. The first-order valence-electron chi connectivity index (χ1n) is 10.3. The molecule has 1 atom stereocenters. The van der Waals surface area contributed by atoms with Gasteiger partial charge in [-0.15, -0.1) is 0 Å². The Morgan fingerprint density at radius 3 is 2.66 bits per heavy atom. The van der Waals surface area contributed by atoms with Crippen molar-refractivity contribution in [1.29, 1.82) is 0 Å². The number of anilines is 1. The van der Waals surface area contributed by atoms with Gasteiger partial charge in [0.15, 0.2) is 17.5 Å². The third-order valence-electron chi connectivity index (χ3n) is 4.82. The summed E-state index contributed by atoms with van der Waals surface area (Å²) in [5, 5.41) is 21.0. The lowest BCUT2D eigenvalue weighted by molar-refractivity contribution is 0.191. The van der Waals surface area contributed by atoms with Crippen LogP contribution in [-0.4, -0.2) is 63.9 Å². The van der Waals surface area contributed by atoms with Gasteiger partial charge in [0.1, 0.15) is 23.5 Å². The maximum atomic E-state index is 14.3. The van der Waals surface area contributed by atoms with Crippen molar-refractivity contribution in [2.75, 3.05) is 24.7 Å². The highest BCUT2D eigenvalue weighted by molar-refractivity contribution is 7.88. The molecular formula is C21H21F2N7O4S. The van der Waals surface area contributed by atoms with E-state index in [0.717, 1.165) is 12.5 Å². The van der Waals surface area contributed by atoms with E-state index in [4.69, 9.17) is 4.52 Å². The molecule has 11 nitrogen and oxygen atoms in total. The number of benzene rings is 1. The molecule has 184 valence electrons. The van der Waals surface area contributed by atoms with Crippen molar-refractivity contribution in [2.45, 2.75) is 12.6 Å². The monoisotopic (exact) mass is 505 g/mol. The number of aliphatic hydroxyl groups is 1. The quantitative estimate of drug-likeness (QED) is 0.292. The number of sulfonamides is 1. The van der Waals surface area contributed by atoms with Gasteiger partial charge in [-0.25, -0.2) is 31.9 Å². The van der Waals surface area contributed by atoms with Crippen LogP contribution in [0.5, 0.6) is 0 Å². The fourth-order valence-electron chi connectivity index (χ4n) is 3.13. The van der Waals surface area contributed by atoms with E-state index in [1.54, 1.807) is 30.3 Å². The highest BCUT2D eigenvalue weighted by Gasteiger charge is 2.18. The molecule has 14 heteroatoms. The van der Waals surface area contributed by atoms with Crippen LogP contribution >= 0.6 is 0 Å². The second-order valence-electron chi connectivity index (χ2n) is 7.59. The number of aliphatic hydroxyl groups excluding tert-OH is 1. The zero-order valence-corrected chi connectivity index (χ0v) is 19.2. The van der Waals surface area contributed by atoms with Crippen LogP contribution in [0.3, 0.4) is 0 Å². The van der Waals surface area contributed by atoms with Crippen LogP contribution in [0, 0.1) is 11.6 Å². The molecule has 3 heterocycles. The Balaban J connectivity index is 1.59. The Morgan fingerprint density at radius 1 is 1.14 bits per heavy atom. The van der Waals surface area contributed by atoms with Gasteiger partial charge in [0.25, 0.3) is 0 Å². The van der Waals surface area contributed by atoms with Crippen molar-refractivity contribution >= 4 is 15.8 Å². The summed E-state index contributed by atoms with van der Waals surface area (Å²) in [7, 11) is -3.48. The average molecular weight is 506 g/mol. The number of rotatable bonds is 10. The predicted octanol–water partition coefficient (Wildman–Crippen LogP) is 1.64. The summed E-state index contributed by atoms with van der Waals surface area (Å²) in [5.74, 6) is -1.32. The van der Waals surface area contributed by atoms with Gasteiger partial charge >= 0.3 is 0 Å². The van der Waals surface area contributed by atoms with E-state index >= 15 is 0 Å². The number of nitrogens with one attached hydrogen (secondary N) is 2. The lowest BCUT2D eigenvalue weighted by Crippen LogP contribution is -2.35. The highest BCUT2D eigenvalue weighted by Crippen LogP contribution is 2.26. The molecule has 0 saturated heterocycles. The zero-order chi connectivity index (χ0) is 25.0. The van der Waals surface area contributed by atoms with E-state index in [9.17, 15) is 22.3 Å². The van der Waals surface area contributed by atoms with Crippen molar-refractivity contribution in [3.8, 4) is 22.9 Å². The van der Waals surface area contributed by atoms with Gasteiger partial charge in [-0.05, 0) is 12.1 Å². The molecule has 0 amide bonds. The van der Waals surface area contributed by atoms with Crippen LogP contribution in [0.25, 0.3) is 22.9 Å². The molecule has 0 saturated carbocycles. The van der Waals surface area contributed by atoms with E-state index in [-0.39, 0.29) is 37.0 Å². The molecule has 4 aromatic rings. The van der Waals surface area contributed by atoms with Gasteiger partial charge in [0.2, 0.25) is 10.0 Å². The van der Waals surface area contributed by atoms with E-state index in [1.807, 2.05) is 0 Å². The minimum atomic E-state index is -3.48. The molecule has 1 unspecified atom stereocenters. The van der Waals surface area contributed by atoms with E-state index in [2.05, 4.69) is 30.3 Å². The third kappa shape index (κ3) is 6.23. The summed E-state index contributed by atoms with van der Waals surface area (Å²) in [4.78, 5) is 8.13. The lowest BCUT2D eigenvalue weighted by atomic mass is 10.2. The van der Waals surface area contributed by atoms with Crippen molar-refractivity contribution in [2.24, 2.45) is 0 Å². The van der Waals surface area contributed by atoms with Crippen LogP contribution < -0.4 is 10.0 Å². The van der Waals surface area contributed by atoms with Crippen LogP contribution in [-0.2, 0) is 16.6 Å². The number of halogens is 2. The minimum absolute atomic E-state index is 0.0645. The Labute approximate surface area is 198 Å². The van der Waals surface area contributed by atoms with Gasteiger partial charge in [0, 0.05) is 24.7 Å². The molecule has 0 spiro atoms. The lowest BCUT2D eigenvalue weighted by Gasteiger charge is -2.13. The standard InChI is InChI=1S/C21H21F2N7O4S/c1-35(32,33)26-10-14(31)9-24-20-16(23)11-25-21(27-20)18-8-19(17-6-7-34-29-17)30(28-18)12-13-4-2-3-5-15(13)22/h2-8,11,14,26,31H,9-10,12H2,1H3,(H,24,25,27). The Kier molecular flexibility index (Phi) is 7.14. The maximum absolute atomic E-state index is 14.3. The molecule has 35 heavy (non-hydrogen) atoms. The third-order valence-corrected chi connectivity index (χ3v) is 5.51. The molecule has 4 rings (SSSR count). The van der Waals surface area contributed by atoms with Gasteiger partial charge in [0.05, 0.1) is 30.8 Å². The Morgan fingerprint density at radius 2 is 1.94 bits per heavy atom. The second-order valence-corrected chi connectivity index (χ2v) is 9.43. The van der Waals surface area contributed by atoms with Crippen molar-refractivity contribution < 1.29 is 26.8 Å². The van der Waals surface area contributed by atoms with Gasteiger partial charge in [-0.3, -0.25) is 4.68 Å². The molecule has 3 aromatic heterocycles. The first-order valence-corrected chi connectivity index (χ1v) is 12.2. The van der Waals surface area contributed by atoms with Crippen LogP contribution in [0.15, 0.2) is 53.4 Å². The molecule has 0 bridgehead atoms. The predicted molar refractivity (Wildman–Crippen MR) is 122 cm³/mol. The summed E-state index contributed by atoms with van der Waals surface area (Å²) in [6, 6.07) is 9.49. The van der Waals surface area contributed by atoms with Crippen molar-refractivity contribution in [1.82, 2.24) is 29.6 Å². The Bertz CT molecular complexity index is 1410. The van der Waals surface area contributed by atoms with Crippen LogP contribution in [0.4, 0.5) is 14.6 Å². The molecule has 0 aliphatic carbocycles. The summed E-state index contributed by atoms with van der Waals surface area (Å²) in [6.45, 7) is -0.352. The smallest absolute Gasteiger partial charge is 0.208 e. The van der Waals surface area contributed by atoms with E-state index in [0.29, 0.717) is 17.0 Å². The molecule has 0 aliphatic heterocycles. The molecule has 0 fully saturated rings.